The molecule has 3 unspecified atom stereocenters. The van der Waals surface area contributed by atoms with Gasteiger partial charge in [-0.25, -0.2) is 12.2 Å². The topological polar surface area (TPSA) is 0 Å². The molecule has 1 fully saturated rings. The minimum absolute atomic E-state index is 0. The first-order chi connectivity index (χ1) is 10.3. The summed E-state index contributed by atoms with van der Waals surface area (Å²) < 4.78 is 0. The van der Waals surface area contributed by atoms with Crippen LogP contribution in [0.25, 0.3) is 5.57 Å². The third-order valence-corrected chi connectivity index (χ3v) is 4.34. The summed E-state index contributed by atoms with van der Waals surface area (Å²) in [5.41, 5.74) is 2.91. The fourth-order valence-corrected chi connectivity index (χ4v) is 3.37. The maximum atomic E-state index is 2.99. The van der Waals surface area contributed by atoms with E-state index >= 15 is 0 Å². The fourth-order valence-electron chi connectivity index (χ4n) is 3.37. The molecule has 0 amide bonds. The van der Waals surface area contributed by atoms with Crippen molar-refractivity contribution in [2.45, 2.75) is 19.8 Å². The van der Waals surface area contributed by atoms with Gasteiger partial charge in [-0.1, -0.05) is 55.8 Å². The van der Waals surface area contributed by atoms with Crippen LogP contribution in [-0.2, 0) is 26.2 Å². The van der Waals surface area contributed by atoms with Gasteiger partial charge in [0.1, 0.15) is 0 Å². The molecule has 1 saturated carbocycles. The van der Waals surface area contributed by atoms with Crippen LogP contribution >= 0.6 is 0 Å². The quantitative estimate of drug-likeness (QED) is 0.518. The van der Waals surface area contributed by atoms with Crippen LogP contribution in [0.2, 0.25) is 0 Å². The third-order valence-electron chi connectivity index (χ3n) is 4.34. The van der Waals surface area contributed by atoms with E-state index in [9.17, 15) is 0 Å². The third kappa shape index (κ3) is 6.18. The maximum Gasteiger partial charge on any atom is 4.00 e. The molecule has 124 valence electrons. The Morgan fingerprint density at radius 2 is 1.83 bits per heavy atom. The van der Waals surface area contributed by atoms with Crippen molar-refractivity contribution in [3.05, 3.63) is 84.8 Å². The molecule has 0 aliphatic heterocycles. The van der Waals surface area contributed by atoms with E-state index in [0.29, 0.717) is 11.8 Å². The van der Waals surface area contributed by atoms with Crippen LogP contribution in [0, 0.1) is 30.3 Å². The zero-order valence-corrected chi connectivity index (χ0v) is 17.8. The molecular formula is C21H22Cl2Zr. The van der Waals surface area contributed by atoms with Crippen LogP contribution in [0.3, 0.4) is 0 Å². The van der Waals surface area contributed by atoms with Crippen molar-refractivity contribution in [3.8, 4) is 0 Å². The average Bonchev–Trinajstić information content (AvgIpc) is 3.19. The van der Waals surface area contributed by atoms with Gasteiger partial charge in [-0.05, 0) is 17.1 Å². The Hall–Kier alpha value is -0.357. The Kier molecular flexibility index (Phi) is 11.9. The van der Waals surface area contributed by atoms with Crippen molar-refractivity contribution in [1.82, 2.24) is 0 Å². The molecular weight excluding hydrogens is 414 g/mol. The molecule has 3 heteroatoms. The van der Waals surface area contributed by atoms with Crippen molar-refractivity contribution in [2.24, 2.45) is 17.8 Å². The fraction of sp³-hybridized carbons (Fsp3) is 0.286. The van der Waals surface area contributed by atoms with Crippen molar-refractivity contribution < 1.29 is 51.0 Å². The van der Waals surface area contributed by atoms with Crippen molar-refractivity contribution in [2.75, 3.05) is 0 Å². The number of fused-ring (bicyclic) bond motifs is 1. The minimum Gasteiger partial charge on any atom is -1.00 e. The van der Waals surface area contributed by atoms with Crippen LogP contribution in [0.1, 0.15) is 25.3 Å². The van der Waals surface area contributed by atoms with E-state index in [1.165, 1.54) is 17.6 Å². The van der Waals surface area contributed by atoms with Gasteiger partial charge in [0.05, 0.1) is 0 Å². The molecule has 4 rings (SSSR count). The monoisotopic (exact) mass is 434 g/mol. The van der Waals surface area contributed by atoms with Gasteiger partial charge in [-0.15, -0.1) is 18.4 Å². The Morgan fingerprint density at radius 3 is 2.42 bits per heavy atom. The smallest absolute Gasteiger partial charge is 1.00 e. The Bertz CT molecular complexity index is 577. The van der Waals surface area contributed by atoms with E-state index in [2.05, 4.69) is 74.1 Å². The number of benzene rings is 1. The van der Waals surface area contributed by atoms with E-state index in [1.807, 2.05) is 12.2 Å². The van der Waals surface area contributed by atoms with Gasteiger partial charge >= 0.3 is 26.2 Å². The number of halogens is 2. The minimum atomic E-state index is 0. The molecule has 0 spiro atoms. The number of allylic oxidation sites excluding steroid dienone is 8. The second-order valence-electron chi connectivity index (χ2n) is 5.97. The van der Waals surface area contributed by atoms with Crippen LogP contribution in [0.5, 0.6) is 0 Å². The van der Waals surface area contributed by atoms with Gasteiger partial charge < -0.3 is 31.2 Å². The molecule has 24 heavy (non-hydrogen) atoms. The zero-order chi connectivity index (χ0) is 14.5. The zero-order valence-electron chi connectivity index (χ0n) is 13.8. The Labute approximate surface area is 178 Å². The molecule has 1 aromatic rings. The first kappa shape index (κ1) is 23.6. The summed E-state index contributed by atoms with van der Waals surface area (Å²) in [4.78, 5) is 0. The van der Waals surface area contributed by atoms with Gasteiger partial charge in [0.15, 0.2) is 0 Å². The van der Waals surface area contributed by atoms with Crippen molar-refractivity contribution >= 4 is 5.57 Å². The molecule has 0 saturated heterocycles. The summed E-state index contributed by atoms with van der Waals surface area (Å²) in [6.45, 7) is 2.33. The second kappa shape index (κ2) is 12.1. The van der Waals surface area contributed by atoms with Crippen molar-refractivity contribution in [1.29, 1.82) is 0 Å². The largest absolute Gasteiger partial charge is 4.00 e. The number of rotatable bonds is 1. The number of hydrogen-bond acceptors (Lipinski definition) is 0. The molecule has 0 N–H and O–H groups in total. The van der Waals surface area contributed by atoms with E-state index < -0.39 is 0 Å². The van der Waals surface area contributed by atoms with Crippen LogP contribution in [-0.4, -0.2) is 0 Å². The summed E-state index contributed by atoms with van der Waals surface area (Å²) >= 11 is 0. The SMILES string of the molecule is CC1[CH-]C2C=CC=C(c3ccccc3)C2C1.[C-]1=CC=CC1.[Cl-].[Cl-].[Zr+4]. The summed E-state index contributed by atoms with van der Waals surface area (Å²) in [6.07, 6.45) is 20.7. The second-order valence-corrected chi connectivity index (χ2v) is 5.97. The maximum absolute atomic E-state index is 2.99. The molecule has 0 radical (unpaired) electrons. The van der Waals surface area contributed by atoms with E-state index in [0.717, 1.165) is 12.3 Å². The Morgan fingerprint density at radius 1 is 1.08 bits per heavy atom. The van der Waals surface area contributed by atoms with E-state index in [4.69, 9.17) is 0 Å². The molecule has 3 aliphatic carbocycles. The normalized spacial score (nSPS) is 25.2. The van der Waals surface area contributed by atoms with Crippen molar-refractivity contribution in [3.63, 3.8) is 0 Å². The molecule has 0 aromatic heterocycles. The molecule has 3 atom stereocenters. The van der Waals surface area contributed by atoms with Gasteiger partial charge in [-0.2, -0.15) is 12.0 Å². The van der Waals surface area contributed by atoms with Crippen LogP contribution < -0.4 is 24.8 Å². The molecule has 0 bridgehead atoms. The van der Waals surface area contributed by atoms with Gasteiger partial charge in [0, 0.05) is 0 Å². The first-order valence-corrected chi connectivity index (χ1v) is 7.85. The molecule has 0 nitrogen and oxygen atoms in total. The van der Waals surface area contributed by atoms with Gasteiger partial charge in [0.25, 0.3) is 0 Å². The van der Waals surface area contributed by atoms with E-state index in [-0.39, 0.29) is 51.0 Å². The van der Waals surface area contributed by atoms with Crippen LogP contribution in [0.4, 0.5) is 0 Å². The predicted octanol–water partition coefficient (Wildman–Crippen LogP) is -0.573. The molecule has 3 aliphatic rings. The summed E-state index contributed by atoms with van der Waals surface area (Å²) in [6, 6.07) is 10.8. The number of hydrogen-bond donors (Lipinski definition) is 0. The van der Waals surface area contributed by atoms with Gasteiger partial charge in [0.2, 0.25) is 0 Å². The first-order valence-electron chi connectivity index (χ1n) is 7.85. The molecule has 0 heterocycles. The van der Waals surface area contributed by atoms with Crippen LogP contribution in [0.15, 0.2) is 66.8 Å². The molecule has 1 aromatic carbocycles. The summed E-state index contributed by atoms with van der Waals surface area (Å²) in [5.74, 6) is 2.13. The average molecular weight is 437 g/mol. The Balaban J connectivity index is 0.000000578. The van der Waals surface area contributed by atoms with Gasteiger partial charge in [-0.3, -0.25) is 6.08 Å². The summed E-state index contributed by atoms with van der Waals surface area (Å²) in [5, 5.41) is 0. The summed E-state index contributed by atoms with van der Waals surface area (Å²) in [7, 11) is 0. The standard InChI is InChI=1S/C16H17.C5H5.2ClH.Zr/c1-12-10-14-8-5-9-15(16(14)11-12)13-6-3-2-4-7-13;1-2-4-5-3-1;;;/h2-10,12,14,16H,11H2,1H3;1-3H,4H2;2*1H;/q2*-1;;;+4/p-2. The van der Waals surface area contributed by atoms with E-state index in [1.54, 1.807) is 0 Å². The predicted molar refractivity (Wildman–Crippen MR) is 90.2 cm³/mol.